The molecular weight excluding hydrogens is 318 g/mol. The highest BCUT2D eigenvalue weighted by molar-refractivity contribution is 6.13. The SMILES string of the molecule is COC(=O)c1ccc(C=C2N=C(c3ccc(C)c(C)c3)OC2=O)cc1. The summed E-state index contributed by atoms with van der Waals surface area (Å²) >= 11 is 0. The molecular formula is C20H17NO4. The first-order chi connectivity index (χ1) is 12.0. The summed E-state index contributed by atoms with van der Waals surface area (Å²) in [4.78, 5) is 27.8. The minimum Gasteiger partial charge on any atom is -0.465 e. The van der Waals surface area contributed by atoms with Gasteiger partial charge in [0.05, 0.1) is 12.7 Å². The molecule has 0 fully saturated rings. The second kappa shape index (κ2) is 6.73. The average Bonchev–Trinajstić information content (AvgIpc) is 2.98. The number of aryl methyl sites for hydroxylation is 2. The first-order valence-corrected chi connectivity index (χ1v) is 7.76. The summed E-state index contributed by atoms with van der Waals surface area (Å²) < 4.78 is 9.93. The van der Waals surface area contributed by atoms with Gasteiger partial charge in [-0.3, -0.25) is 0 Å². The van der Waals surface area contributed by atoms with Gasteiger partial charge in [0.1, 0.15) is 0 Å². The quantitative estimate of drug-likeness (QED) is 0.637. The van der Waals surface area contributed by atoms with E-state index in [9.17, 15) is 9.59 Å². The second-order valence-electron chi connectivity index (χ2n) is 5.75. The van der Waals surface area contributed by atoms with E-state index >= 15 is 0 Å². The average molecular weight is 335 g/mol. The van der Waals surface area contributed by atoms with Crippen molar-refractivity contribution in [1.29, 1.82) is 0 Å². The lowest BCUT2D eigenvalue weighted by Gasteiger charge is -2.03. The fourth-order valence-electron chi connectivity index (χ4n) is 2.40. The molecule has 0 radical (unpaired) electrons. The Hall–Kier alpha value is -3.21. The maximum absolute atomic E-state index is 12.1. The van der Waals surface area contributed by atoms with Crippen LogP contribution in [0.25, 0.3) is 6.08 Å². The fraction of sp³-hybridized carbons (Fsp3) is 0.150. The van der Waals surface area contributed by atoms with Crippen LogP contribution in [0.3, 0.4) is 0 Å². The van der Waals surface area contributed by atoms with E-state index in [-0.39, 0.29) is 5.70 Å². The largest absolute Gasteiger partial charge is 0.465 e. The van der Waals surface area contributed by atoms with Crippen molar-refractivity contribution in [2.24, 2.45) is 4.99 Å². The molecule has 0 amide bonds. The van der Waals surface area contributed by atoms with Crippen LogP contribution in [0.15, 0.2) is 53.2 Å². The van der Waals surface area contributed by atoms with Crippen molar-refractivity contribution >= 4 is 23.9 Å². The number of aliphatic imine (C=N–C) groups is 1. The molecule has 0 atom stereocenters. The van der Waals surface area contributed by atoms with Crippen LogP contribution in [0.5, 0.6) is 0 Å². The van der Waals surface area contributed by atoms with Gasteiger partial charge in [0.2, 0.25) is 5.90 Å². The number of methoxy groups -OCH3 is 1. The summed E-state index contributed by atoms with van der Waals surface area (Å²) in [6.45, 7) is 4.01. The molecule has 0 spiro atoms. The van der Waals surface area contributed by atoms with Gasteiger partial charge in [0.25, 0.3) is 0 Å². The van der Waals surface area contributed by atoms with Gasteiger partial charge >= 0.3 is 11.9 Å². The normalized spacial score (nSPS) is 15.1. The minimum absolute atomic E-state index is 0.221. The van der Waals surface area contributed by atoms with Gasteiger partial charge in [-0.25, -0.2) is 14.6 Å². The van der Waals surface area contributed by atoms with Crippen LogP contribution in [-0.2, 0) is 14.3 Å². The third-order valence-electron chi connectivity index (χ3n) is 4.01. The number of carbonyl (C=O) groups is 2. The Morgan fingerprint density at radius 2 is 1.80 bits per heavy atom. The summed E-state index contributed by atoms with van der Waals surface area (Å²) in [7, 11) is 1.33. The molecule has 5 nitrogen and oxygen atoms in total. The van der Waals surface area contributed by atoms with Crippen LogP contribution in [0.4, 0.5) is 0 Å². The Morgan fingerprint density at radius 3 is 2.44 bits per heavy atom. The van der Waals surface area contributed by atoms with Crippen molar-refractivity contribution < 1.29 is 19.1 Å². The molecule has 5 heteroatoms. The van der Waals surface area contributed by atoms with E-state index in [1.165, 1.54) is 7.11 Å². The number of benzene rings is 2. The van der Waals surface area contributed by atoms with Gasteiger partial charge in [0.15, 0.2) is 5.70 Å². The maximum atomic E-state index is 12.1. The molecule has 0 saturated carbocycles. The van der Waals surface area contributed by atoms with Crippen molar-refractivity contribution in [2.75, 3.05) is 7.11 Å². The zero-order chi connectivity index (χ0) is 18.0. The first-order valence-electron chi connectivity index (χ1n) is 7.76. The number of carbonyl (C=O) groups excluding carboxylic acids is 2. The zero-order valence-electron chi connectivity index (χ0n) is 14.2. The van der Waals surface area contributed by atoms with Crippen LogP contribution in [0.1, 0.15) is 32.6 Å². The Kier molecular flexibility index (Phi) is 4.48. The Labute approximate surface area is 145 Å². The molecule has 2 aromatic rings. The van der Waals surface area contributed by atoms with Gasteiger partial charge in [-0.1, -0.05) is 18.2 Å². The van der Waals surface area contributed by atoms with E-state index in [1.54, 1.807) is 30.3 Å². The third-order valence-corrected chi connectivity index (χ3v) is 4.01. The van der Waals surface area contributed by atoms with Crippen LogP contribution in [0, 0.1) is 13.8 Å². The molecule has 1 aliphatic heterocycles. The second-order valence-corrected chi connectivity index (χ2v) is 5.75. The first kappa shape index (κ1) is 16.6. The number of cyclic esters (lactones) is 1. The maximum Gasteiger partial charge on any atom is 0.363 e. The topological polar surface area (TPSA) is 65.0 Å². The van der Waals surface area contributed by atoms with Crippen molar-refractivity contribution in [1.82, 2.24) is 0 Å². The predicted molar refractivity (Wildman–Crippen MR) is 94.3 cm³/mol. The van der Waals surface area contributed by atoms with Gasteiger partial charge in [-0.2, -0.15) is 0 Å². The van der Waals surface area contributed by atoms with E-state index in [4.69, 9.17) is 4.74 Å². The third kappa shape index (κ3) is 3.50. The summed E-state index contributed by atoms with van der Waals surface area (Å²) in [6, 6.07) is 12.5. The summed E-state index contributed by atoms with van der Waals surface area (Å²) in [5.41, 5.74) is 4.44. The predicted octanol–water partition coefficient (Wildman–Crippen LogP) is 3.43. The number of nitrogens with zero attached hydrogens (tertiary/aromatic N) is 1. The highest BCUT2D eigenvalue weighted by Crippen LogP contribution is 2.21. The Bertz CT molecular complexity index is 908. The van der Waals surface area contributed by atoms with Crippen molar-refractivity contribution in [3.63, 3.8) is 0 Å². The Morgan fingerprint density at radius 1 is 1.08 bits per heavy atom. The van der Waals surface area contributed by atoms with E-state index in [0.29, 0.717) is 11.5 Å². The molecule has 0 aromatic heterocycles. The summed E-state index contributed by atoms with van der Waals surface area (Å²) in [5, 5.41) is 0. The van der Waals surface area contributed by atoms with Crippen LogP contribution < -0.4 is 0 Å². The van der Waals surface area contributed by atoms with E-state index in [0.717, 1.165) is 22.3 Å². The molecule has 1 aliphatic rings. The lowest BCUT2D eigenvalue weighted by atomic mass is 10.1. The number of hydrogen-bond donors (Lipinski definition) is 0. The molecule has 25 heavy (non-hydrogen) atoms. The lowest BCUT2D eigenvalue weighted by molar-refractivity contribution is -0.129. The monoisotopic (exact) mass is 335 g/mol. The van der Waals surface area contributed by atoms with Crippen LogP contribution >= 0.6 is 0 Å². The molecule has 1 heterocycles. The molecule has 0 N–H and O–H groups in total. The number of hydrogen-bond acceptors (Lipinski definition) is 5. The van der Waals surface area contributed by atoms with Crippen molar-refractivity contribution in [3.05, 3.63) is 76.0 Å². The number of ether oxygens (including phenoxy) is 2. The van der Waals surface area contributed by atoms with Gasteiger partial charge < -0.3 is 9.47 Å². The molecule has 0 saturated heterocycles. The standard InChI is InChI=1S/C20H17NO4/c1-12-4-7-16(10-13(12)2)18-21-17(20(23)25-18)11-14-5-8-15(9-6-14)19(22)24-3/h4-11H,1-3H3. The molecule has 0 unspecified atom stereocenters. The number of rotatable bonds is 3. The van der Waals surface area contributed by atoms with Crippen molar-refractivity contribution in [2.45, 2.75) is 13.8 Å². The molecule has 126 valence electrons. The van der Waals surface area contributed by atoms with Gasteiger partial charge in [-0.05, 0) is 60.9 Å². The van der Waals surface area contributed by atoms with Crippen molar-refractivity contribution in [3.8, 4) is 0 Å². The lowest BCUT2D eigenvalue weighted by Crippen LogP contribution is -2.05. The van der Waals surface area contributed by atoms with Gasteiger partial charge in [-0.15, -0.1) is 0 Å². The van der Waals surface area contributed by atoms with E-state index in [2.05, 4.69) is 9.73 Å². The fourth-order valence-corrected chi connectivity index (χ4v) is 2.40. The summed E-state index contributed by atoms with van der Waals surface area (Å²) in [6.07, 6.45) is 1.62. The molecule has 3 rings (SSSR count). The number of esters is 2. The Balaban J connectivity index is 1.87. The molecule has 2 aromatic carbocycles. The molecule has 0 aliphatic carbocycles. The minimum atomic E-state index is -0.495. The van der Waals surface area contributed by atoms with Crippen LogP contribution in [0.2, 0.25) is 0 Å². The van der Waals surface area contributed by atoms with Gasteiger partial charge in [0, 0.05) is 5.56 Å². The molecule has 0 bridgehead atoms. The summed E-state index contributed by atoms with van der Waals surface area (Å²) in [5.74, 6) is -0.606. The zero-order valence-corrected chi connectivity index (χ0v) is 14.2. The van der Waals surface area contributed by atoms with E-state index in [1.807, 2.05) is 32.0 Å². The highest BCUT2D eigenvalue weighted by Gasteiger charge is 2.24. The van der Waals surface area contributed by atoms with E-state index < -0.39 is 11.9 Å². The smallest absolute Gasteiger partial charge is 0.363 e. The highest BCUT2D eigenvalue weighted by atomic mass is 16.6. The van der Waals surface area contributed by atoms with Crippen LogP contribution in [-0.4, -0.2) is 24.9 Å².